The topological polar surface area (TPSA) is 75.6 Å². The van der Waals surface area contributed by atoms with Crippen LogP contribution in [0.2, 0.25) is 0 Å². The molecule has 0 unspecified atom stereocenters. The number of rotatable bonds is 5. The molecule has 0 saturated heterocycles. The van der Waals surface area contributed by atoms with Gasteiger partial charge in [-0.05, 0) is 30.7 Å². The molecular weight excluding hydrogens is 352 g/mol. The van der Waals surface area contributed by atoms with Crippen LogP contribution >= 0.6 is 0 Å². The summed E-state index contributed by atoms with van der Waals surface area (Å²) in [7, 11) is 0. The summed E-state index contributed by atoms with van der Waals surface area (Å²) in [4.78, 5) is 19.3. The van der Waals surface area contributed by atoms with Gasteiger partial charge in [-0.15, -0.1) is 0 Å². The summed E-state index contributed by atoms with van der Waals surface area (Å²) in [6, 6.07) is 13.0. The molecule has 0 aliphatic rings. The Morgan fingerprint density at radius 1 is 1.04 bits per heavy atom. The maximum absolute atomic E-state index is 13.7. The first kappa shape index (κ1) is 16.9. The largest absolute Gasteiger partial charge is 0.355 e. The van der Waals surface area contributed by atoms with E-state index in [4.69, 9.17) is 0 Å². The number of hydrogen-bond acceptors (Lipinski definition) is 4. The molecule has 6 nitrogen and oxygen atoms in total. The quantitative estimate of drug-likeness (QED) is 0.569. The van der Waals surface area contributed by atoms with Crippen molar-refractivity contribution < 1.29 is 8.78 Å². The molecule has 2 heterocycles. The molecule has 2 aromatic heterocycles. The molecule has 0 aliphatic carbocycles. The summed E-state index contributed by atoms with van der Waals surface area (Å²) in [6.45, 7) is 0.200. The van der Waals surface area contributed by atoms with E-state index in [0.717, 1.165) is 5.69 Å². The van der Waals surface area contributed by atoms with Crippen LogP contribution in [-0.2, 0) is 6.42 Å². The number of nitrogens with one attached hydrogen (secondary N) is 2. The van der Waals surface area contributed by atoms with Gasteiger partial charge in [0.25, 0.3) is 5.56 Å². The van der Waals surface area contributed by atoms with E-state index >= 15 is 0 Å². The average Bonchev–Trinajstić information content (AvgIpc) is 3.09. The van der Waals surface area contributed by atoms with Gasteiger partial charge >= 0.3 is 0 Å². The van der Waals surface area contributed by atoms with Gasteiger partial charge in [-0.2, -0.15) is 10.1 Å². The van der Waals surface area contributed by atoms with E-state index in [9.17, 15) is 13.6 Å². The standard InChI is InChI=1S/C19H15F2N5O/c20-15-7-4-8-16(21)13(15)9-10-22-19-24-17-14(18(27)25-19)11-23-26(17)12-5-2-1-3-6-12/h1-8,11H,9-10H2,(H2,22,24,25,27). The van der Waals surface area contributed by atoms with Crippen molar-refractivity contribution in [2.45, 2.75) is 6.42 Å². The van der Waals surface area contributed by atoms with E-state index in [2.05, 4.69) is 20.4 Å². The number of benzene rings is 2. The lowest BCUT2D eigenvalue weighted by Crippen LogP contribution is -2.16. The average molecular weight is 367 g/mol. The van der Waals surface area contributed by atoms with Crippen molar-refractivity contribution >= 4 is 17.0 Å². The maximum atomic E-state index is 13.7. The molecule has 0 atom stereocenters. The second-order valence-electron chi connectivity index (χ2n) is 5.92. The fourth-order valence-corrected chi connectivity index (χ4v) is 2.84. The third-order valence-corrected chi connectivity index (χ3v) is 4.17. The van der Waals surface area contributed by atoms with Crippen molar-refractivity contribution in [1.82, 2.24) is 19.7 Å². The highest BCUT2D eigenvalue weighted by atomic mass is 19.1. The van der Waals surface area contributed by atoms with Gasteiger partial charge in [-0.25, -0.2) is 13.5 Å². The van der Waals surface area contributed by atoms with E-state index < -0.39 is 11.6 Å². The second kappa shape index (κ2) is 6.99. The molecule has 0 radical (unpaired) electrons. The zero-order chi connectivity index (χ0) is 18.8. The molecule has 0 aliphatic heterocycles. The minimum absolute atomic E-state index is 0.0113. The Morgan fingerprint density at radius 3 is 2.52 bits per heavy atom. The number of H-pyrrole nitrogens is 1. The van der Waals surface area contributed by atoms with Gasteiger partial charge in [0.05, 0.1) is 11.9 Å². The van der Waals surface area contributed by atoms with E-state index in [1.165, 1.54) is 24.4 Å². The SMILES string of the molecule is O=c1[nH]c(NCCc2c(F)cccc2F)nc2c1cnn2-c1ccccc1. The Labute approximate surface area is 152 Å². The molecule has 0 fully saturated rings. The molecular formula is C19H15F2N5O. The Morgan fingerprint density at radius 2 is 1.78 bits per heavy atom. The molecule has 2 N–H and O–H groups in total. The Kier molecular flexibility index (Phi) is 4.37. The number of fused-ring (bicyclic) bond motifs is 1. The number of aromatic amines is 1. The molecule has 0 saturated carbocycles. The Bertz CT molecular complexity index is 1130. The first-order valence-electron chi connectivity index (χ1n) is 8.34. The molecule has 0 spiro atoms. The van der Waals surface area contributed by atoms with Crippen LogP contribution in [-0.4, -0.2) is 26.3 Å². The number of nitrogens with zero attached hydrogens (tertiary/aromatic N) is 3. The summed E-state index contributed by atoms with van der Waals surface area (Å²) in [5, 5.41) is 7.49. The number of halogens is 2. The third kappa shape index (κ3) is 3.29. The predicted molar refractivity (Wildman–Crippen MR) is 98.0 cm³/mol. The Hall–Kier alpha value is -3.55. The highest BCUT2D eigenvalue weighted by Crippen LogP contribution is 2.15. The monoisotopic (exact) mass is 367 g/mol. The summed E-state index contributed by atoms with van der Waals surface area (Å²) in [5.41, 5.74) is 0.805. The maximum Gasteiger partial charge on any atom is 0.263 e. The summed E-state index contributed by atoms with van der Waals surface area (Å²) < 4.78 is 29.0. The summed E-state index contributed by atoms with van der Waals surface area (Å²) in [6.07, 6.45) is 1.56. The minimum Gasteiger partial charge on any atom is -0.355 e. The van der Waals surface area contributed by atoms with Crippen LogP contribution < -0.4 is 10.9 Å². The van der Waals surface area contributed by atoms with Gasteiger partial charge in [-0.3, -0.25) is 9.78 Å². The van der Waals surface area contributed by atoms with Gasteiger partial charge in [0.2, 0.25) is 5.95 Å². The predicted octanol–water partition coefficient (Wildman–Crippen LogP) is 3.04. The molecule has 4 aromatic rings. The number of aromatic nitrogens is 4. The van der Waals surface area contributed by atoms with Gasteiger partial charge in [0.15, 0.2) is 5.65 Å². The number of para-hydroxylation sites is 1. The molecule has 8 heteroatoms. The first-order chi connectivity index (χ1) is 13.1. The van der Waals surface area contributed by atoms with Gasteiger partial charge in [0, 0.05) is 12.1 Å². The molecule has 4 rings (SSSR count). The lowest BCUT2D eigenvalue weighted by molar-refractivity contribution is 0.557. The zero-order valence-corrected chi connectivity index (χ0v) is 14.1. The normalized spacial score (nSPS) is 11.0. The smallest absolute Gasteiger partial charge is 0.263 e. The summed E-state index contributed by atoms with van der Waals surface area (Å²) in [5.74, 6) is -0.992. The highest BCUT2D eigenvalue weighted by Gasteiger charge is 2.12. The van der Waals surface area contributed by atoms with Crippen LogP contribution in [0.1, 0.15) is 5.56 Å². The van der Waals surface area contributed by atoms with Crippen LogP contribution in [0.4, 0.5) is 14.7 Å². The minimum atomic E-state index is -0.601. The zero-order valence-electron chi connectivity index (χ0n) is 14.1. The van der Waals surface area contributed by atoms with Crippen molar-refractivity contribution in [2.24, 2.45) is 0 Å². The number of anilines is 1. The fraction of sp³-hybridized carbons (Fsp3) is 0.105. The van der Waals surface area contributed by atoms with Gasteiger partial charge in [-0.1, -0.05) is 24.3 Å². The highest BCUT2D eigenvalue weighted by molar-refractivity contribution is 5.76. The first-order valence-corrected chi connectivity index (χ1v) is 8.34. The van der Waals surface area contributed by atoms with Gasteiger partial charge < -0.3 is 5.32 Å². The van der Waals surface area contributed by atoms with Crippen molar-refractivity contribution in [3.8, 4) is 5.69 Å². The van der Waals surface area contributed by atoms with Crippen molar-refractivity contribution in [3.05, 3.63) is 82.3 Å². The van der Waals surface area contributed by atoms with Crippen LogP contribution in [0, 0.1) is 11.6 Å². The van der Waals surface area contributed by atoms with Gasteiger partial charge in [0.1, 0.15) is 17.0 Å². The van der Waals surface area contributed by atoms with Crippen molar-refractivity contribution in [3.63, 3.8) is 0 Å². The van der Waals surface area contributed by atoms with Crippen molar-refractivity contribution in [2.75, 3.05) is 11.9 Å². The second-order valence-corrected chi connectivity index (χ2v) is 5.92. The molecule has 0 amide bonds. The molecule has 136 valence electrons. The molecule has 27 heavy (non-hydrogen) atoms. The van der Waals surface area contributed by atoms with Crippen LogP contribution in [0.3, 0.4) is 0 Å². The summed E-state index contributed by atoms with van der Waals surface area (Å²) >= 11 is 0. The van der Waals surface area contributed by atoms with E-state index in [0.29, 0.717) is 11.0 Å². The van der Waals surface area contributed by atoms with Crippen LogP contribution in [0.25, 0.3) is 16.7 Å². The van der Waals surface area contributed by atoms with Crippen LogP contribution in [0.15, 0.2) is 59.5 Å². The van der Waals surface area contributed by atoms with E-state index in [-0.39, 0.29) is 30.0 Å². The third-order valence-electron chi connectivity index (χ3n) is 4.17. The number of hydrogen-bond donors (Lipinski definition) is 2. The molecule has 2 aromatic carbocycles. The van der Waals surface area contributed by atoms with Crippen LogP contribution in [0.5, 0.6) is 0 Å². The van der Waals surface area contributed by atoms with Crippen molar-refractivity contribution in [1.29, 1.82) is 0 Å². The van der Waals surface area contributed by atoms with E-state index in [1.807, 2.05) is 30.3 Å². The fourth-order valence-electron chi connectivity index (χ4n) is 2.84. The Balaban J connectivity index is 1.60. The van der Waals surface area contributed by atoms with E-state index in [1.54, 1.807) is 4.68 Å². The lowest BCUT2D eigenvalue weighted by Gasteiger charge is -2.08. The lowest BCUT2D eigenvalue weighted by atomic mass is 10.1. The molecule has 0 bridgehead atoms.